The Kier molecular flexibility index (Phi) is 5.97. The van der Waals surface area contributed by atoms with Crippen molar-refractivity contribution in [3.05, 3.63) is 84.1 Å². The topological polar surface area (TPSA) is 95.6 Å². The molecule has 1 saturated carbocycles. The molecule has 3 N–H and O–H groups in total. The van der Waals surface area contributed by atoms with Crippen LogP contribution in [0.4, 0.5) is 33.5 Å². The fourth-order valence-corrected chi connectivity index (χ4v) is 4.23. The average molecular weight is 550 g/mol. The lowest BCUT2D eigenvalue weighted by molar-refractivity contribution is -0.137. The maximum Gasteiger partial charge on any atom is 0.416 e. The molecule has 1 atom stereocenters. The van der Waals surface area contributed by atoms with Gasteiger partial charge in [0.15, 0.2) is 5.82 Å². The highest BCUT2D eigenvalue weighted by molar-refractivity contribution is 5.94. The summed E-state index contributed by atoms with van der Waals surface area (Å²) in [4.78, 5) is 21.0. The number of halogens is 5. The molecule has 1 fully saturated rings. The molecule has 3 aromatic carbocycles. The highest BCUT2D eigenvalue weighted by atomic mass is 19.4. The summed E-state index contributed by atoms with van der Waals surface area (Å²) in [7, 11) is 0. The fraction of sp³-hybridized carbons (Fsp3) is 0.143. The van der Waals surface area contributed by atoms with Crippen molar-refractivity contribution in [1.29, 1.82) is 0 Å². The van der Waals surface area contributed by atoms with E-state index in [9.17, 15) is 26.7 Å². The number of aromatic nitrogens is 4. The standard InChI is InChI=1S/C28H19F5N6O/c29-27(30)13-23(27)37-24(40)9-4-15-2-1-3-16(10-15)25-36-22-7-5-18(28(31,32)33)12-20(22)26(38-25)35-19-6-8-21-17(11-19)14-34-39-21/h1-12,14,23H,13H2,(H,34,39)(H,37,40)(H,35,36,38)/b9-4+. The largest absolute Gasteiger partial charge is 0.416 e. The van der Waals surface area contributed by atoms with E-state index in [0.717, 1.165) is 29.1 Å². The Bertz CT molecular complexity index is 1800. The van der Waals surface area contributed by atoms with E-state index in [2.05, 4.69) is 30.8 Å². The Morgan fingerprint density at radius 2 is 1.88 bits per heavy atom. The lowest BCUT2D eigenvalue weighted by atomic mass is 10.1. The first kappa shape index (κ1) is 25.4. The molecule has 0 radical (unpaired) electrons. The summed E-state index contributed by atoms with van der Waals surface area (Å²) in [6.07, 6.45) is -0.677. The summed E-state index contributed by atoms with van der Waals surface area (Å²) in [5.74, 6) is -3.11. The molecule has 202 valence electrons. The summed E-state index contributed by atoms with van der Waals surface area (Å²) in [6, 6.07) is 14.2. The molecule has 1 amide bonds. The Labute approximate surface area is 223 Å². The van der Waals surface area contributed by atoms with Crippen LogP contribution in [-0.2, 0) is 11.0 Å². The number of nitrogens with one attached hydrogen (secondary N) is 3. The Morgan fingerprint density at radius 1 is 1.05 bits per heavy atom. The van der Waals surface area contributed by atoms with Crippen molar-refractivity contribution in [2.24, 2.45) is 0 Å². The predicted molar refractivity (Wildman–Crippen MR) is 140 cm³/mol. The van der Waals surface area contributed by atoms with Crippen LogP contribution in [0.1, 0.15) is 17.5 Å². The average Bonchev–Trinajstić information content (AvgIpc) is 3.28. The van der Waals surface area contributed by atoms with E-state index in [0.29, 0.717) is 16.8 Å². The zero-order valence-corrected chi connectivity index (χ0v) is 20.4. The number of benzene rings is 3. The van der Waals surface area contributed by atoms with Crippen molar-refractivity contribution in [2.75, 3.05) is 5.32 Å². The summed E-state index contributed by atoms with van der Waals surface area (Å²) < 4.78 is 66.6. The highest BCUT2D eigenvalue weighted by Crippen LogP contribution is 2.41. The summed E-state index contributed by atoms with van der Waals surface area (Å²) in [6.45, 7) is 0. The SMILES string of the molecule is O=C(/C=C/c1cccc(-c2nc(Nc3ccc4[nH]ncc4c3)c3cc(C(F)(F)F)ccc3n2)c1)NC1CC1(F)F. The van der Waals surface area contributed by atoms with E-state index < -0.39 is 29.6 Å². The Balaban J connectivity index is 1.36. The predicted octanol–water partition coefficient (Wildman–Crippen LogP) is 6.47. The van der Waals surface area contributed by atoms with Crippen molar-refractivity contribution in [3.63, 3.8) is 0 Å². The lowest BCUT2D eigenvalue weighted by Gasteiger charge is -2.14. The van der Waals surface area contributed by atoms with E-state index in [1.54, 1.807) is 48.7 Å². The molecule has 5 aromatic rings. The van der Waals surface area contributed by atoms with Crippen LogP contribution in [0.5, 0.6) is 0 Å². The van der Waals surface area contributed by atoms with E-state index >= 15 is 0 Å². The number of alkyl halides is 5. The molecule has 7 nitrogen and oxygen atoms in total. The van der Waals surface area contributed by atoms with Gasteiger partial charge in [-0.3, -0.25) is 9.89 Å². The van der Waals surface area contributed by atoms with Gasteiger partial charge in [0.1, 0.15) is 5.82 Å². The first-order chi connectivity index (χ1) is 19.0. The van der Waals surface area contributed by atoms with Crippen molar-refractivity contribution < 1.29 is 26.7 Å². The molecule has 40 heavy (non-hydrogen) atoms. The van der Waals surface area contributed by atoms with Crippen LogP contribution in [0.3, 0.4) is 0 Å². The van der Waals surface area contributed by atoms with Gasteiger partial charge in [0.05, 0.1) is 28.8 Å². The first-order valence-electron chi connectivity index (χ1n) is 12.1. The summed E-state index contributed by atoms with van der Waals surface area (Å²) in [5, 5.41) is 13.2. The number of H-pyrrole nitrogens is 1. The number of aromatic amines is 1. The maximum absolute atomic E-state index is 13.5. The van der Waals surface area contributed by atoms with Crippen LogP contribution < -0.4 is 10.6 Å². The molecule has 1 unspecified atom stereocenters. The van der Waals surface area contributed by atoms with E-state index in [-0.39, 0.29) is 29.0 Å². The zero-order chi connectivity index (χ0) is 28.1. The molecule has 1 aliphatic carbocycles. The van der Waals surface area contributed by atoms with Crippen molar-refractivity contribution in [1.82, 2.24) is 25.5 Å². The van der Waals surface area contributed by atoms with Crippen LogP contribution in [0.15, 0.2) is 72.9 Å². The molecule has 12 heteroatoms. The van der Waals surface area contributed by atoms with Crippen LogP contribution in [0, 0.1) is 0 Å². The number of fused-ring (bicyclic) bond motifs is 2. The van der Waals surface area contributed by atoms with Crippen molar-refractivity contribution in [2.45, 2.75) is 24.6 Å². The quantitative estimate of drug-likeness (QED) is 0.166. The van der Waals surface area contributed by atoms with Gasteiger partial charge >= 0.3 is 6.18 Å². The minimum atomic E-state index is -4.55. The minimum Gasteiger partial charge on any atom is -0.344 e. The number of carbonyl (C=O) groups is 1. The second-order valence-electron chi connectivity index (χ2n) is 9.41. The number of nitrogens with zero attached hydrogens (tertiary/aromatic N) is 3. The number of anilines is 2. The van der Waals surface area contributed by atoms with Gasteiger partial charge in [-0.2, -0.15) is 18.3 Å². The normalized spacial score (nSPS) is 16.5. The van der Waals surface area contributed by atoms with Crippen molar-refractivity contribution >= 4 is 45.3 Å². The third-order valence-corrected chi connectivity index (χ3v) is 6.44. The number of carbonyl (C=O) groups excluding carboxylic acids is 1. The molecule has 2 aromatic heterocycles. The van der Waals surface area contributed by atoms with Crippen LogP contribution >= 0.6 is 0 Å². The van der Waals surface area contributed by atoms with Crippen molar-refractivity contribution in [3.8, 4) is 11.4 Å². The number of amides is 1. The maximum atomic E-state index is 13.5. The molecule has 0 aliphatic heterocycles. The van der Waals surface area contributed by atoms with Gasteiger partial charge in [0.2, 0.25) is 5.91 Å². The molecule has 6 rings (SSSR count). The fourth-order valence-electron chi connectivity index (χ4n) is 4.23. The van der Waals surface area contributed by atoms with Crippen LogP contribution in [0.25, 0.3) is 39.3 Å². The van der Waals surface area contributed by atoms with E-state index in [4.69, 9.17) is 0 Å². The molecule has 2 heterocycles. The number of hydrogen-bond donors (Lipinski definition) is 3. The molecule has 1 aliphatic rings. The molecular weight excluding hydrogens is 531 g/mol. The van der Waals surface area contributed by atoms with Gasteiger partial charge in [-0.1, -0.05) is 18.2 Å². The molecule has 0 bridgehead atoms. The van der Waals surface area contributed by atoms with Gasteiger partial charge < -0.3 is 10.6 Å². The second-order valence-corrected chi connectivity index (χ2v) is 9.41. The molecule has 0 saturated heterocycles. The second kappa shape index (κ2) is 9.40. The van der Waals surface area contributed by atoms with Gasteiger partial charge in [-0.05, 0) is 54.1 Å². The number of rotatable bonds is 6. The molecular formula is C28H19F5N6O. The van der Waals surface area contributed by atoms with Gasteiger partial charge in [0, 0.05) is 34.5 Å². The van der Waals surface area contributed by atoms with Gasteiger partial charge in [-0.15, -0.1) is 0 Å². The third kappa shape index (κ3) is 5.20. The molecule has 0 spiro atoms. The number of hydrogen-bond acceptors (Lipinski definition) is 5. The minimum absolute atomic E-state index is 0.166. The highest BCUT2D eigenvalue weighted by Gasteiger charge is 2.57. The summed E-state index contributed by atoms with van der Waals surface area (Å²) >= 11 is 0. The van der Waals surface area contributed by atoms with Gasteiger partial charge in [0.25, 0.3) is 5.92 Å². The lowest BCUT2D eigenvalue weighted by Crippen LogP contribution is -2.27. The third-order valence-electron chi connectivity index (χ3n) is 6.44. The smallest absolute Gasteiger partial charge is 0.344 e. The summed E-state index contributed by atoms with van der Waals surface area (Å²) in [5.41, 5.74) is 1.94. The van der Waals surface area contributed by atoms with Gasteiger partial charge in [-0.25, -0.2) is 18.7 Å². The van der Waals surface area contributed by atoms with Crippen LogP contribution in [-0.4, -0.2) is 38.0 Å². The zero-order valence-electron chi connectivity index (χ0n) is 20.4. The monoisotopic (exact) mass is 550 g/mol. The van der Waals surface area contributed by atoms with Crippen LogP contribution in [0.2, 0.25) is 0 Å². The Morgan fingerprint density at radius 3 is 2.65 bits per heavy atom. The first-order valence-corrected chi connectivity index (χ1v) is 12.1. The van der Waals surface area contributed by atoms with E-state index in [1.807, 2.05) is 0 Å². The Hall–Kier alpha value is -4.87. The van der Waals surface area contributed by atoms with E-state index in [1.165, 1.54) is 12.1 Å².